The van der Waals surface area contributed by atoms with E-state index in [2.05, 4.69) is 12.2 Å². The normalized spacial score (nSPS) is 22.2. The lowest BCUT2D eigenvalue weighted by Gasteiger charge is -2.04. The van der Waals surface area contributed by atoms with E-state index >= 15 is 0 Å². The van der Waals surface area contributed by atoms with Crippen LogP contribution in [0.4, 0.5) is 4.39 Å². The summed E-state index contributed by atoms with van der Waals surface area (Å²) in [6.07, 6.45) is 3.50. The quantitative estimate of drug-likeness (QED) is 0.835. The van der Waals surface area contributed by atoms with Gasteiger partial charge in [-0.3, -0.25) is 4.79 Å². The number of carbonyl (C=O) groups is 1. The van der Waals surface area contributed by atoms with Crippen LogP contribution in [0.25, 0.3) is 0 Å². The highest BCUT2D eigenvalue weighted by atomic mass is 19.1. The zero-order valence-electron chi connectivity index (χ0n) is 10.1. The average molecular weight is 235 g/mol. The summed E-state index contributed by atoms with van der Waals surface area (Å²) >= 11 is 0. The van der Waals surface area contributed by atoms with Gasteiger partial charge in [-0.2, -0.15) is 0 Å². The summed E-state index contributed by atoms with van der Waals surface area (Å²) in [5.74, 6) is 0.220. The fourth-order valence-electron chi connectivity index (χ4n) is 2.08. The van der Waals surface area contributed by atoms with Gasteiger partial charge in [0.1, 0.15) is 5.82 Å². The zero-order valence-corrected chi connectivity index (χ0v) is 10.1. The molecule has 1 fully saturated rings. The molecule has 0 aliphatic heterocycles. The molecule has 0 spiro atoms. The summed E-state index contributed by atoms with van der Waals surface area (Å²) in [6.45, 7) is 2.07. The highest BCUT2D eigenvalue weighted by Gasteiger charge is 2.39. The zero-order chi connectivity index (χ0) is 12.3. The molecular formula is C14H18FNO. The third-order valence-electron chi connectivity index (χ3n) is 3.17. The first-order chi connectivity index (χ1) is 8.20. The maximum Gasteiger partial charge on any atom is 0.220 e. The van der Waals surface area contributed by atoms with Crippen molar-refractivity contribution in [2.24, 2.45) is 0 Å². The molecule has 0 bridgehead atoms. The molecule has 92 valence electrons. The highest BCUT2D eigenvalue weighted by molar-refractivity contribution is 5.76. The lowest BCUT2D eigenvalue weighted by molar-refractivity contribution is -0.121. The van der Waals surface area contributed by atoms with Crippen molar-refractivity contribution in [2.75, 3.05) is 0 Å². The van der Waals surface area contributed by atoms with Crippen LogP contribution in [-0.4, -0.2) is 11.9 Å². The minimum atomic E-state index is -0.203. The maximum absolute atomic E-state index is 13.0. The molecule has 1 aromatic carbocycles. The minimum Gasteiger partial charge on any atom is -0.353 e. The van der Waals surface area contributed by atoms with Gasteiger partial charge in [0.15, 0.2) is 0 Å². The number of carbonyl (C=O) groups excluding carboxylic acids is 1. The van der Waals surface area contributed by atoms with Gasteiger partial charge in [0.25, 0.3) is 0 Å². The Balaban J connectivity index is 1.82. The number of amides is 1. The largest absolute Gasteiger partial charge is 0.353 e. The molecule has 0 radical (unpaired) electrons. The Kier molecular flexibility index (Phi) is 3.77. The predicted octanol–water partition coefficient (Wildman–Crippen LogP) is 2.99. The number of rotatable bonds is 5. The summed E-state index contributed by atoms with van der Waals surface area (Å²) in [5, 5.41) is 3.00. The van der Waals surface area contributed by atoms with Gasteiger partial charge in [0.2, 0.25) is 5.91 Å². The molecule has 0 saturated heterocycles. The average Bonchev–Trinajstić information content (AvgIpc) is 3.05. The van der Waals surface area contributed by atoms with Crippen molar-refractivity contribution >= 4 is 5.91 Å². The molecule has 1 aliphatic carbocycles. The topological polar surface area (TPSA) is 29.1 Å². The summed E-state index contributed by atoms with van der Waals surface area (Å²) in [4.78, 5) is 11.5. The van der Waals surface area contributed by atoms with E-state index in [4.69, 9.17) is 0 Å². The third-order valence-corrected chi connectivity index (χ3v) is 3.17. The van der Waals surface area contributed by atoms with Gasteiger partial charge in [-0.15, -0.1) is 0 Å². The fraction of sp³-hybridized carbons (Fsp3) is 0.500. The monoisotopic (exact) mass is 235 g/mol. The summed E-state index contributed by atoms with van der Waals surface area (Å²) in [5.41, 5.74) is 0.991. The molecule has 1 aromatic rings. The van der Waals surface area contributed by atoms with Crippen LogP contribution in [0.1, 0.15) is 44.1 Å². The lowest BCUT2D eigenvalue weighted by atomic mass is 10.1. The Morgan fingerprint density at radius 3 is 3.06 bits per heavy atom. The molecule has 1 saturated carbocycles. The minimum absolute atomic E-state index is 0.121. The van der Waals surface area contributed by atoms with E-state index in [0.717, 1.165) is 24.8 Å². The molecule has 0 unspecified atom stereocenters. The Morgan fingerprint density at radius 2 is 2.35 bits per heavy atom. The number of hydrogen-bond donors (Lipinski definition) is 1. The smallest absolute Gasteiger partial charge is 0.220 e. The molecule has 17 heavy (non-hydrogen) atoms. The SMILES string of the molecule is CCCCC(=O)N[C@H]1C[C@H]1c1cccc(F)c1. The Labute approximate surface area is 101 Å². The molecule has 2 atom stereocenters. The standard InChI is InChI=1S/C14H18FNO/c1-2-3-7-14(17)16-13-9-12(13)10-5-4-6-11(15)8-10/h4-6,8,12-13H,2-3,7,9H2,1H3,(H,16,17)/t12-,13-/m0/s1. The van der Waals surface area contributed by atoms with Crippen LogP contribution in [-0.2, 0) is 4.79 Å². The highest BCUT2D eigenvalue weighted by Crippen LogP contribution is 2.40. The molecular weight excluding hydrogens is 217 g/mol. The third kappa shape index (κ3) is 3.29. The second-order valence-electron chi connectivity index (χ2n) is 4.67. The van der Waals surface area contributed by atoms with E-state index < -0.39 is 0 Å². The van der Waals surface area contributed by atoms with Crippen LogP contribution in [0, 0.1) is 5.82 Å². The molecule has 1 amide bonds. The summed E-state index contributed by atoms with van der Waals surface area (Å²) in [6, 6.07) is 6.86. The first-order valence-corrected chi connectivity index (χ1v) is 6.25. The first kappa shape index (κ1) is 12.1. The number of nitrogens with one attached hydrogen (secondary N) is 1. The van der Waals surface area contributed by atoms with Crippen LogP contribution in [0.3, 0.4) is 0 Å². The van der Waals surface area contributed by atoms with Gasteiger partial charge in [0, 0.05) is 18.4 Å². The maximum atomic E-state index is 13.0. The molecule has 2 rings (SSSR count). The van der Waals surface area contributed by atoms with Crippen LogP contribution >= 0.6 is 0 Å². The second kappa shape index (κ2) is 5.30. The van der Waals surface area contributed by atoms with Gasteiger partial charge in [0.05, 0.1) is 0 Å². The van der Waals surface area contributed by atoms with Crippen LogP contribution in [0.5, 0.6) is 0 Å². The van der Waals surface area contributed by atoms with Crippen LogP contribution < -0.4 is 5.32 Å². The summed E-state index contributed by atoms with van der Waals surface area (Å²) < 4.78 is 13.0. The van der Waals surface area contributed by atoms with E-state index in [-0.39, 0.29) is 17.8 Å². The predicted molar refractivity (Wildman–Crippen MR) is 65.2 cm³/mol. The van der Waals surface area contributed by atoms with Crippen molar-refractivity contribution < 1.29 is 9.18 Å². The van der Waals surface area contributed by atoms with Crippen molar-refractivity contribution in [3.8, 4) is 0 Å². The van der Waals surface area contributed by atoms with Crippen molar-refractivity contribution in [1.29, 1.82) is 0 Å². The molecule has 3 heteroatoms. The Hall–Kier alpha value is -1.38. The van der Waals surface area contributed by atoms with Gasteiger partial charge >= 0.3 is 0 Å². The molecule has 0 aromatic heterocycles. The van der Waals surface area contributed by atoms with Crippen molar-refractivity contribution in [1.82, 2.24) is 5.32 Å². The first-order valence-electron chi connectivity index (χ1n) is 6.25. The number of hydrogen-bond acceptors (Lipinski definition) is 1. The number of halogens is 1. The van der Waals surface area contributed by atoms with E-state index in [1.54, 1.807) is 12.1 Å². The van der Waals surface area contributed by atoms with Crippen LogP contribution in [0.15, 0.2) is 24.3 Å². The van der Waals surface area contributed by atoms with Crippen molar-refractivity contribution in [3.63, 3.8) is 0 Å². The Morgan fingerprint density at radius 1 is 1.53 bits per heavy atom. The van der Waals surface area contributed by atoms with E-state index in [1.807, 2.05) is 6.07 Å². The van der Waals surface area contributed by atoms with E-state index in [0.29, 0.717) is 12.3 Å². The van der Waals surface area contributed by atoms with Gasteiger partial charge in [-0.05, 0) is 30.5 Å². The van der Waals surface area contributed by atoms with Crippen molar-refractivity contribution in [3.05, 3.63) is 35.6 Å². The van der Waals surface area contributed by atoms with Gasteiger partial charge < -0.3 is 5.32 Å². The number of benzene rings is 1. The van der Waals surface area contributed by atoms with E-state index in [9.17, 15) is 9.18 Å². The molecule has 1 N–H and O–H groups in total. The van der Waals surface area contributed by atoms with Gasteiger partial charge in [-0.1, -0.05) is 25.5 Å². The van der Waals surface area contributed by atoms with Crippen molar-refractivity contribution in [2.45, 2.75) is 44.6 Å². The molecule has 0 heterocycles. The summed E-state index contributed by atoms with van der Waals surface area (Å²) in [7, 11) is 0. The van der Waals surface area contributed by atoms with Crippen LogP contribution in [0.2, 0.25) is 0 Å². The second-order valence-corrected chi connectivity index (χ2v) is 4.67. The fourth-order valence-corrected chi connectivity index (χ4v) is 2.08. The molecule has 2 nitrogen and oxygen atoms in total. The number of unbranched alkanes of at least 4 members (excludes halogenated alkanes) is 1. The van der Waals surface area contributed by atoms with Gasteiger partial charge in [-0.25, -0.2) is 4.39 Å². The lowest BCUT2D eigenvalue weighted by Crippen LogP contribution is -2.26. The molecule has 1 aliphatic rings. The Bertz CT molecular complexity index is 405. The van der Waals surface area contributed by atoms with E-state index in [1.165, 1.54) is 6.07 Å².